The van der Waals surface area contributed by atoms with Crippen LogP contribution in [0.5, 0.6) is 17.2 Å². The summed E-state index contributed by atoms with van der Waals surface area (Å²) in [5.41, 5.74) is -4.27. The Kier molecular flexibility index (Phi) is 8.04. The number of nitrogens with one attached hydrogen (secondary N) is 1. The number of phenolic OH excluding ortho intramolecular Hbond substituents is 2. The quantitative estimate of drug-likeness (QED) is 0.0995. The highest BCUT2D eigenvalue weighted by atomic mass is 16.5. The highest BCUT2D eigenvalue weighted by molar-refractivity contribution is 6.22. The number of benzene rings is 5. The number of carbonyl (C=O) groups excluding carboxylic acids is 3. The van der Waals surface area contributed by atoms with Gasteiger partial charge < -0.3 is 34.5 Å². The van der Waals surface area contributed by atoms with Crippen LogP contribution in [0.1, 0.15) is 26.5 Å². The molecule has 53 heavy (non-hydrogen) atoms. The van der Waals surface area contributed by atoms with Crippen LogP contribution in [0, 0.1) is 6.92 Å². The average molecular weight is 722 g/mol. The van der Waals surface area contributed by atoms with Gasteiger partial charge in [-0.2, -0.15) is 0 Å². The minimum atomic E-state index is -1.16. The number of carbonyl (C=O) groups is 3. The van der Waals surface area contributed by atoms with Crippen molar-refractivity contribution in [2.75, 3.05) is 13.7 Å². The fourth-order valence-corrected chi connectivity index (χ4v) is 7.30. The number of ether oxygens (including phenoxy) is 2. The van der Waals surface area contributed by atoms with Gasteiger partial charge in [0.15, 0.2) is 16.3 Å². The molecule has 2 atom stereocenters. The molecule has 15 nitrogen and oxygen atoms in total. The number of piperazine rings is 1. The monoisotopic (exact) mass is 721 g/mol. The van der Waals surface area contributed by atoms with Crippen molar-refractivity contribution in [2.45, 2.75) is 52.4 Å². The second kappa shape index (κ2) is 12.3. The first-order valence-electron chi connectivity index (χ1n) is 16.5. The van der Waals surface area contributed by atoms with E-state index in [4.69, 9.17) is 9.47 Å². The molecule has 6 aromatic rings. The number of fused-ring (bicyclic) bond motifs is 6. The molecule has 0 bridgehead atoms. The molecule has 5 aromatic carbocycles. The summed E-state index contributed by atoms with van der Waals surface area (Å²) in [7, 11) is 1.21. The Morgan fingerprint density at radius 3 is 2.17 bits per heavy atom. The largest absolute Gasteiger partial charge is 0.506 e. The normalized spacial score (nSPS) is 16.3. The topological polar surface area (TPSA) is 216 Å². The van der Waals surface area contributed by atoms with Gasteiger partial charge in [0.25, 0.3) is 5.56 Å². The van der Waals surface area contributed by atoms with Crippen molar-refractivity contribution < 1.29 is 34.1 Å². The summed E-state index contributed by atoms with van der Waals surface area (Å²) in [5, 5.41) is 22.0. The number of phenols is 2. The molecule has 1 saturated heterocycles. The van der Waals surface area contributed by atoms with Crippen molar-refractivity contribution in [3.63, 3.8) is 0 Å². The molecule has 0 saturated carbocycles. The van der Waals surface area contributed by atoms with E-state index in [-0.39, 0.29) is 55.7 Å². The summed E-state index contributed by atoms with van der Waals surface area (Å²) in [6.45, 7) is 5.25. The first kappa shape index (κ1) is 34.8. The van der Waals surface area contributed by atoms with Crippen LogP contribution in [0.4, 0.5) is 0 Å². The fourth-order valence-electron chi connectivity index (χ4n) is 7.30. The lowest BCUT2D eigenvalue weighted by Gasteiger charge is -2.37. The number of rotatable bonds is 5. The lowest BCUT2D eigenvalue weighted by atomic mass is 9.92. The number of aromatic nitrogens is 1. The van der Waals surface area contributed by atoms with Crippen molar-refractivity contribution in [3.8, 4) is 17.2 Å². The first-order valence-corrected chi connectivity index (χ1v) is 16.5. The Balaban J connectivity index is 1.47. The molecule has 2 heterocycles. The number of hydrogen-bond acceptors (Lipinski definition) is 12. The zero-order valence-electron chi connectivity index (χ0n) is 29.0. The molecule has 15 heteroatoms. The molecule has 1 aliphatic rings. The van der Waals surface area contributed by atoms with E-state index in [2.05, 4.69) is 5.32 Å². The van der Waals surface area contributed by atoms with E-state index in [1.807, 2.05) is 0 Å². The Morgan fingerprint density at radius 1 is 0.830 bits per heavy atom. The van der Waals surface area contributed by atoms with Crippen LogP contribution in [-0.2, 0) is 25.7 Å². The maximum absolute atomic E-state index is 14.4. The third-order valence-electron chi connectivity index (χ3n) is 9.82. The molecule has 270 valence electrons. The number of hydrogen-bond donors (Lipinski definition) is 3. The maximum Gasteiger partial charge on any atom is 0.330 e. The molecule has 0 unspecified atom stereocenters. The predicted octanol–water partition coefficient (Wildman–Crippen LogP) is 1.33. The molecule has 1 fully saturated rings. The van der Waals surface area contributed by atoms with E-state index in [0.29, 0.717) is 0 Å². The van der Waals surface area contributed by atoms with E-state index in [1.54, 1.807) is 13.8 Å². The van der Waals surface area contributed by atoms with Crippen LogP contribution >= 0.6 is 0 Å². The Bertz CT molecular complexity index is 2940. The second-order valence-corrected chi connectivity index (χ2v) is 13.3. The lowest BCUT2D eigenvalue weighted by molar-refractivity contribution is -0.157. The summed E-state index contributed by atoms with van der Waals surface area (Å²) < 4.78 is 11.8. The Labute approximate surface area is 296 Å². The van der Waals surface area contributed by atoms with Gasteiger partial charge in [0.1, 0.15) is 35.9 Å². The van der Waals surface area contributed by atoms with Crippen LogP contribution in [-0.4, -0.2) is 69.3 Å². The maximum atomic E-state index is 14.4. The molecule has 0 radical (unpaired) electrons. The molecule has 7 rings (SSSR count). The minimum absolute atomic E-state index is 0.0451. The van der Waals surface area contributed by atoms with E-state index in [0.717, 1.165) is 9.47 Å². The SMILES string of the molecule is COc1c2ccc3c(=O)c4cc(C)n(CC(=O)N5C[C@@H](C(=O)OC(C)C)NC(=O)[C@@H]5C)c(=O)c4c(=O)c3c2c(=O)c2c(O)c3cccc(=O)c3c(O)c12. The summed E-state index contributed by atoms with van der Waals surface area (Å²) in [6.07, 6.45) is -0.482. The van der Waals surface area contributed by atoms with Gasteiger partial charge in [0.2, 0.25) is 17.2 Å². The predicted molar refractivity (Wildman–Crippen MR) is 195 cm³/mol. The number of nitrogens with zero attached hydrogens (tertiary/aromatic N) is 2. The van der Waals surface area contributed by atoms with Crippen LogP contribution in [0.25, 0.3) is 53.9 Å². The van der Waals surface area contributed by atoms with Crippen molar-refractivity contribution in [1.82, 2.24) is 14.8 Å². The van der Waals surface area contributed by atoms with Gasteiger partial charge in [-0.25, -0.2) is 4.79 Å². The van der Waals surface area contributed by atoms with Crippen molar-refractivity contribution in [1.29, 1.82) is 0 Å². The third-order valence-corrected chi connectivity index (χ3v) is 9.82. The van der Waals surface area contributed by atoms with Crippen molar-refractivity contribution >= 4 is 71.6 Å². The van der Waals surface area contributed by atoms with Gasteiger partial charge in [0.05, 0.1) is 41.3 Å². The number of methoxy groups -OCH3 is 1. The molecule has 0 aliphatic carbocycles. The minimum Gasteiger partial charge on any atom is -0.506 e. The summed E-state index contributed by atoms with van der Waals surface area (Å²) in [5.74, 6) is -3.58. The van der Waals surface area contributed by atoms with Gasteiger partial charge in [-0.05, 0) is 52.0 Å². The number of aromatic hydroxyl groups is 2. The van der Waals surface area contributed by atoms with Gasteiger partial charge >= 0.3 is 5.97 Å². The van der Waals surface area contributed by atoms with Gasteiger partial charge in [-0.1, -0.05) is 12.1 Å². The van der Waals surface area contributed by atoms with Gasteiger partial charge in [-0.3, -0.25) is 33.6 Å². The van der Waals surface area contributed by atoms with E-state index in [9.17, 15) is 48.6 Å². The van der Waals surface area contributed by atoms with E-state index >= 15 is 0 Å². The van der Waals surface area contributed by atoms with E-state index < -0.39 is 97.4 Å². The highest BCUT2D eigenvalue weighted by Crippen LogP contribution is 2.46. The second-order valence-electron chi connectivity index (χ2n) is 13.3. The third kappa shape index (κ3) is 5.02. The zero-order chi connectivity index (χ0) is 38.4. The molecule has 1 aliphatic heterocycles. The molecular formula is C38H31N3O12. The summed E-state index contributed by atoms with van der Waals surface area (Å²) >= 11 is 0. The van der Waals surface area contributed by atoms with E-state index in [1.165, 1.54) is 57.4 Å². The number of esters is 1. The van der Waals surface area contributed by atoms with Gasteiger partial charge in [0, 0.05) is 38.0 Å². The zero-order valence-corrected chi connectivity index (χ0v) is 29.0. The number of aryl methyl sites for hydroxylation is 1. The smallest absolute Gasteiger partial charge is 0.330 e. The average Bonchev–Trinajstić information content (AvgIpc) is 3.11. The Morgan fingerprint density at radius 2 is 1.49 bits per heavy atom. The van der Waals surface area contributed by atoms with Crippen molar-refractivity contribution in [3.05, 3.63) is 93.3 Å². The number of pyridine rings is 1. The highest BCUT2D eigenvalue weighted by Gasteiger charge is 2.39. The summed E-state index contributed by atoms with van der Waals surface area (Å²) in [6, 6.07) is 5.54. The molecule has 0 spiro atoms. The summed E-state index contributed by atoms with van der Waals surface area (Å²) in [4.78, 5) is 110. The van der Waals surface area contributed by atoms with Gasteiger partial charge in [-0.15, -0.1) is 0 Å². The molecular weight excluding hydrogens is 690 g/mol. The standard InChI is InChI=1S/C38H31N3O12/c1-14(2)53-38(51)21-12-41(16(4)36(49)39-21)23(43)13-40-15(3)11-20-27(37(40)50)33(47)25-18(30(20)44)9-10-19-26(25)34(48)28-29(35(19)52-5)32(46)24-17(31(28)45)7-6-8-22(24)42/h6-11,14,16,21,45-46H,12-13H2,1-5H3,(H,39,49)/t16-,21-/m0/s1. The first-order chi connectivity index (χ1) is 25.1. The molecule has 2 amide bonds. The fraction of sp³-hybridized carbons (Fsp3) is 0.263. The molecule has 1 aromatic heterocycles. The lowest BCUT2D eigenvalue weighted by Crippen LogP contribution is -2.63. The number of amides is 2. The van der Waals surface area contributed by atoms with Crippen LogP contribution < -0.4 is 37.3 Å². The van der Waals surface area contributed by atoms with Crippen LogP contribution in [0.3, 0.4) is 0 Å². The molecule has 3 N–H and O–H groups in total. The van der Waals surface area contributed by atoms with Crippen LogP contribution in [0.2, 0.25) is 0 Å². The van der Waals surface area contributed by atoms with Crippen molar-refractivity contribution in [2.24, 2.45) is 0 Å². The Hall–Kier alpha value is -6.64. The van der Waals surface area contributed by atoms with Crippen LogP contribution in [0.15, 0.2) is 60.4 Å².